The van der Waals surface area contributed by atoms with E-state index in [-0.39, 0.29) is 43.9 Å². The molecule has 0 atom stereocenters. The van der Waals surface area contributed by atoms with Gasteiger partial charge in [0, 0.05) is 40.4 Å². The van der Waals surface area contributed by atoms with Gasteiger partial charge < -0.3 is 24.4 Å². The van der Waals surface area contributed by atoms with Crippen molar-refractivity contribution in [3.05, 3.63) is 247 Å². The maximum atomic E-state index is 11.0. The van der Waals surface area contributed by atoms with Crippen molar-refractivity contribution in [2.75, 3.05) is 6.61 Å². The highest BCUT2D eigenvalue weighted by Crippen LogP contribution is 2.37. The van der Waals surface area contributed by atoms with Crippen LogP contribution in [-0.2, 0) is 73.8 Å². The summed E-state index contributed by atoms with van der Waals surface area (Å²) < 4.78 is 13.7. The van der Waals surface area contributed by atoms with Crippen LogP contribution in [0.5, 0.6) is 11.5 Å². The van der Waals surface area contributed by atoms with Crippen LogP contribution in [0.3, 0.4) is 0 Å². The molecule has 0 saturated heterocycles. The number of nitrogens with one attached hydrogen (secondary N) is 3. The Labute approximate surface area is 655 Å². The second kappa shape index (κ2) is 33.2. The number of aromatic nitrogens is 9. The minimum Gasteiger partial charge on any atom is -0.493 e. The second-order valence-corrected chi connectivity index (χ2v) is 39.2. The zero-order valence-corrected chi connectivity index (χ0v) is 71.9. The summed E-state index contributed by atoms with van der Waals surface area (Å²) in [5.41, 5.74) is 28.1. The van der Waals surface area contributed by atoms with Crippen LogP contribution in [0.15, 0.2) is 158 Å². The third-order valence-electron chi connectivity index (χ3n) is 20.2. The van der Waals surface area contributed by atoms with Gasteiger partial charge in [-0.2, -0.15) is 5.10 Å². The standard InChI is InChI=1S/C13H18N2.C13H17N.C13H18.C12H15NS.C12H14O2.C12H16O.C11H14N2.C10H13N3/c1-8-6-10-11(7-9(8)2)15-12(14-10)13(3,4)5;1-9-7-10-8-11(13(2,3)4)5-6-12(10)14-9;1-13(2,3)12-9-5-7-10-6-4-8-11(10)12;1-8-13-10-7-9(12(2,3)4)5-6-11(10)14-8;1-12(2,3)9-5-4-8-6-11(13)14-10(8)7-9;1-12(2,3)10-4-5-11-9(8-10)6-7-13-11;1-11(2,3)8-4-5-9-10(6-8)13-7-12-9;1-10(2,3)8-5-4-6-13-9(8)11-7-12-13/h6-7H,1-5H3,(H,14,15);5-8,14H,1-4H3;5,7,9H,4,6,8H2,1-3H3;5-7H,1-4H3;4-5,7H,6H2,1-3H3;4-5,8H,6-7H2,1-3H3;4-7H,1-3H3,(H,12,13);4-7H,1-3H3. The number of thiazole rings is 1. The summed E-state index contributed by atoms with van der Waals surface area (Å²) in [6.45, 7) is 62.4. The molecule has 0 saturated carbocycles. The predicted molar refractivity (Wildman–Crippen MR) is 462 cm³/mol. The molecule has 1 aliphatic carbocycles. The Hall–Kier alpha value is -9.20. The first kappa shape index (κ1) is 83.8. The van der Waals surface area contributed by atoms with Crippen LogP contribution in [0.4, 0.5) is 0 Å². The number of benzene rings is 7. The molecule has 13 heteroatoms. The number of esters is 1. The van der Waals surface area contributed by atoms with Crippen molar-refractivity contribution in [1.82, 2.24) is 44.5 Å². The van der Waals surface area contributed by atoms with Crippen molar-refractivity contribution in [2.24, 2.45) is 0 Å². The highest BCUT2D eigenvalue weighted by Gasteiger charge is 2.26. The highest BCUT2D eigenvalue weighted by atomic mass is 32.1. The van der Waals surface area contributed by atoms with E-state index in [0.717, 1.165) is 74.2 Å². The summed E-state index contributed by atoms with van der Waals surface area (Å²) in [6.07, 6.45) is 10.7. The van der Waals surface area contributed by atoms with Crippen LogP contribution in [0.1, 0.15) is 261 Å². The number of aryl methyl sites for hydroxylation is 5. The first-order valence-corrected chi connectivity index (χ1v) is 39.8. The molecule has 7 aromatic carbocycles. The van der Waals surface area contributed by atoms with Crippen LogP contribution in [0.25, 0.3) is 48.8 Å². The van der Waals surface area contributed by atoms with Gasteiger partial charge in [-0.25, -0.2) is 24.5 Å². The van der Waals surface area contributed by atoms with Gasteiger partial charge in [0.2, 0.25) is 0 Å². The van der Waals surface area contributed by atoms with Gasteiger partial charge in [-0.3, -0.25) is 4.79 Å². The molecular formula is C96H125N9O3S. The Bertz CT molecular complexity index is 5140. The zero-order valence-electron chi connectivity index (χ0n) is 71.1. The fourth-order valence-corrected chi connectivity index (χ4v) is 14.1. The normalized spacial score (nSPS) is 13.4. The lowest BCUT2D eigenvalue weighted by Crippen LogP contribution is -2.13. The average molecular weight is 1490 g/mol. The van der Waals surface area contributed by atoms with Crippen LogP contribution in [0, 0.1) is 27.7 Å². The number of hydrogen-bond donors (Lipinski definition) is 3. The van der Waals surface area contributed by atoms with E-state index in [1.807, 2.05) is 24.4 Å². The number of pyridine rings is 1. The van der Waals surface area contributed by atoms with Crippen LogP contribution < -0.4 is 9.47 Å². The number of aromatic amines is 3. The van der Waals surface area contributed by atoms with Crippen molar-refractivity contribution >= 4 is 66.1 Å². The number of ether oxygens (including phenoxy) is 2. The summed E-state index contributed by atoms with van der Waals surface area (Å²) in [5, 5.41) is 6.56. The minimum absolute atomic E-state index is 0.0842. The molecule has 3 N–H and O–H groups in total. The van der Waals surface area contributed by atoms with E-state index in [1.54, 1.807) is 45.2 Å². The molecule has 0 unspecified atom stereocenters. The highest BCUT2D eigenvalue weighted by molar-refractivity contribution is 7.18. The van der Waals surface area contributed by atoms with E-state index >= 15 is 0 Å². The van der Waals surface area contributed by atoms with Gasteiger partial charge in [-0.05, 0) is 224 Å². The molecule has 3 aliphatic rings. The smallest absolute Gasteiger partial charge is 0.315 e. The van der Waals surface area contributed by atoms with E-state index < -0.39 is 0 Å². The molecule has 13 aromatic rings. The molecule has 0 radical (unpaired) electrons. The van der Waals surface area contributed by atoms with E-state index in [2.05, 4.69) is 355 Å². The summed E-state index contributed by atoms with van der Waals surface area (Å²) in [7, 11) is 0. The number of hydrogen-bond acceptors (Lipinski definition) is 9. The first-order chi connectivity index (χ1) is 50.6. The lowest BCUT2D eigenvalue weighted by molar-refractivity contribution is -0.131. The molecule has 6 aromatic heterocycles. The van der Waals surface area contributed by atoms with Crippen molar-refractivity contribution in [1.29, 1.82) is 0 Å². The summed E-state index contributed by atoms with van der Waals surface area (Å²) in [4.78, 5) is 38.4. The van der Waals surface area contributed by atoms with Gasteiger partial charge >= 0.3 is 5.97 Å². The lowest BCUT2D eigenvalue weighted by Gasteiger charge is -2.22. The van der Waals surface area contributed by atoms with Crippen LogP contribution in [-0.4, -0.2) is 57.1 Å². The number of nitrogens with zero attached hydrogens (tertiary/aromatic N) is 6. The third kappa shape index (κ3) is 22.3. The first-order valence-electron chi connectivity index (χ1n) is 39.0. The van der Waals surface area contributed by atoms with Gasteiger partial charge in [0.25, 0.3) is 0 Å². The topological polar surface area (TPSA) is 152 Å². The van der Waals surface area contributed by atoms with Gasteiger partial charge in [0.05, 0.1) is 56.6 Å². The minimum atomic E-state index is -0.147. The molecule has 0 spiro atoms. The molecule has 0 fully saturated rings. The fraction of sp³-hybridized carbons (Fsp3) is 0.438. The average Bonchev–Trinajstić information content (AvgIpc) is 1.63. The van der Waals surface area contributed by atoms with Gasteiger partial charge in [0.15, 0.2) is 5.65 Å². The molecule has 0 bridgehead atoms. The molecule has 8 heterocycles. The molecule has 0 amide bonds. The number of carbonyl (C=O) groups excluding carboxylic acids is 1. The Morgan fingerprint density at radius 1 is 0.450 bits per heavy atom. The number of rotatable bonds is 0. The zero-order chi connectivity index (χ0) is 80.1. The second-order valence-electron chi connectivity index (χ2n) is 38.0. The SMILES string of the molecule is CC(C)(C)c1ccc2c(c1)CCO2.CC(C)(C)c1ccc2c(c1)OC(=O)C2.CC(C)(C)c1ccc2nc[nH]c2c1.CC(C)(C)c1cccc2c1CCC2.CC(C)(C)c1cccn2ncnc12.Cc1cc2cc(C(C)(C)C)ccc2[nH]1.Cc1cc2nc(C(C)(C)C)[nH]c2cc1C.Cc1nc2cc(C(C)(C)C)ccc2s1. The molecular weight excluding hydrogens is 1360 g/mol. The van der Waals surface area contributed by atoms with E-state index in [4.69, 9.17) is 9.47 Å². The summed E-state index contributed by atoms with van der Waals surface area (Å²) >= 11 is 1.76. The van der Waals surface area contributed by atoms with E-state index in [9.17, 15) is 4.79 Å². The molecule has 2 aliphatic heterocycles. The monoisotopic (exact) mass is 1480 g/mol. The maximum Gasteiger partial charge on any atom is 0.315 e. The lowest BCUT2D eigenvalue weighted by atomic mass is 9.83. The maximum absolute atomic E-state index is 11.0. The quantitative estimate of drug-likeness (QED) is 0.100. The van der Waals surface area contributed by atoms with E-state index in [0.29, 0.717) is 11.8 Å². The number of imidazole rings is 2. The van der Waals surface area contributed by atoms with Crippen LogP contribution in [0.2, 0.25) is 0 Å². The molecule has 578 valence electrons. The van der Waals surface area contributed by atoms with Crippen molar-refractivity contribution in [2.45, 2.75) is 269 Å². The number of fused-ring (bicyclic) bond motifs is 8. The van der Waals surface area contributed by atoms with Gasteiger partial charge in [0.1, 0.15) is 23.7 Å². The number of H-pyrrole nitrogens is 3. The molecule has 16 rings (SSSR count). The van der Waals surface area contributed by atoms with Crippen LogP contribution >= 0.6 is 11.3 Å². The Balaban J connectivity index is 0.000000144. The molecule has 12 nitrogen and oxygen atoms in total. The van der Waals surface area contributed by atoms with Crippen molar-refractivity contribution in [3.63, 3.8) is 0 Å². The molecule has 109 heavy (non-hydrogen) atoms. The number of carbonyl (C=O) groups is 1. The summed E-state index contributed by atoms with van der Waals surface area (Å²) in [5.74, 6) is 2.73. The predicted octanol–water partition coefficient (Wildman–Crippen LogP) is 24.9. The fourth-order valence-electron chi connectivity index (χ4n) is 13.3. The van der Waals surface area contributed by atoms with Crippen molar-refractivity contribution < 1.29 is 14.3 Å². The Kier molecular flexibility index (Phi) is 25.5. The third-order valence-corrected chi connectivity index (χ3v) is 21.1. The van der Waals surface area contributed by atoms with Gasteiger partial charge in [-0.1, -0.05) is 233 Å². The Morgan fingerprint density at radius 3 is 1.71 bits per heavy atom. The van der Waals surface area contributed by atoms with E-state index in [1.165, 1.54) is 90.6 Å². The Morgan fingerprint density at radius 2 is 1.05 bits per heavy atom. The van der Waals surface area contributed by atoms with Crippen molar-refractivity contribution in [3.8, 4) is 11.5 Å². The summed E-state index contributed by atoms with van der Waals surface area (Å²) in [6, 6.07) is 49.6. The van der Waals surface area contributed by atoms with Gasteiger partial charge in [-0.15, -0.1) is 11.3 Å². The largest absolute Gasteiger partial charge is 0.493 e.